The Kier molecular flexibility index (Phi) is 2.62. The summed E-state index contributed by atoms with van der Waals surface area (Å²) < 4.78 is 0. The van der Waals surface area contributed by atoms with Gasteiger partial charge in [-0.05, 0) is 24.0 Å². The highest BCUT2D eigenvalue weighted by atomic mass is 16.1. The van der Waals surface area contributed by atoms with Gasteiger partial charge in [0.15, 0.2) is 0 Å². The van der Waals surface area contributed by atoms with E-state index < -0.39 is 0 Å². The molecule has 0 atom stereocenters. The number of hydrogen-bond donors (Lipinski definition) is 2. The Morgan fingerprint density at radius 3 is 2.74 bits per heavy atom. The minimum Gasteiger partial charge on any atom is -0.350 e. The fourth-order valence-corrected chi connectivity index (χ4v) is 2.32. The first-order valence-corrected chi connectivity index (χ1v) is 6.33. The summed E-state index contributed by atoms with van der Waals surface area (Å²) in [6.07, 6.45) is 4.24. The summed E-state index contributed by atoms with van der Waals surface area (Å²) in [5, 5.41) is 2.92. The van der Waals surface area contributed by atoms with Gasteiger partial charge in [0.25, 0.3) is 5.91 Å². The third kappa shape index (κ3) is 2.23. The zero-order chi connectivity index (χ0) is 13.5. The molecule has 19 heavy (non-hydrogen) atoms. The lowest BCUT2D eigenvalue weighted by Gasteiger charge is -2.21. The lowest BCUT2D eigenvalue weighted by molar-refractivity contribution is 0.0940. The molecule has 0 saturated carbocycles. The van der Waals surface area contributed by atoms with Crippen LogP contribution in [0.2, 0.25) is 0 Å². The Labute approximate surface area is 111 Å². The fourth-order valence-electron chi connectivity index (χ4n) is 2.32. The van der Waals surface area contributed by atoms with Crippen molar-refractivity contribution in [2.24, 2.45) is 5.41 Å². The van der Waals surface area contributed by atoms with Crippen molar-refractivity contribution < 1.29 is 4.79 Å². The monoisotopic (exact) mass is 256 g/mol. The van der Waals surface area contributed by atoms with Gasteiger partial charge in [0.05, 0.1) is 0 Å². The summed E-state index contributed by atoms with van der Waals surface area (Å²) in [6.45, 7) is 4.94. The molecule has 3 rings (SSSR count). The molecule has 2 aromatic rings. The number of aromatic amines is 1. The molecule has 1 amide bonds. The molecule has 3 heterocycles. The highest BCUT2D eigenvalue weighted by Crippen LogP contribution is 2.27. The van der Waals surface area contributed by atoms with E-state index in [1.807, 2.05) is 12.1 Å². The molecule has 98 valence electrons. The second kappa shape index (κ2) is 4.19. The molecule has 0 spiro atoms. The van der Waals surface area contributed by atoms with Gasteiger partial charge >= 0.3 is 0 Å². The van der Waals surface area contributed by atoms with Gasteiger partial charge in [-0.2, -0.15) is 0 Å². The van der Waals surface area contributed by atoms with Crippen molar-refractivity contribution in [1.29, 1.82) is 0 Å². The van der Waals surface area contributed by atoms with E-state index in [-0.39, 0.29) is 11.3 Å². The van der Waals surface area contributed by atoms with E-state index in [1.165, 1.54) is 0 Å². The van der Waals surface area contributed by atoms with Gasteiger partial charge < -0.3 is 10.3 Å². The normalized spacial score (nSPS) is 17.5. The van der Waals surface area contributed by atoms with E-state index in [1.54, 1.807) is 12.4 Å². The highest BCUT2D eigenvalue weighted by molar-refractivity contribution is 5.94. The third-order valence-electron chi connectivity index (χ3n) is 3.33. The molecule has 0 fully saturated rings. The molecule has 0 saturated heterocycles. The number of pyridine rings is 1. The molecular formula is C14H16N4O. The molecule has 2 aromatic heterocycles. The second-order valence-corrected chi connectivity index (χ2v) is 5.67. The minimum atomic E-state index is -0.0999. The molecule has 0 aliphatic carbocycles. The molecule has 1 aliphatic heterocycles. The maximum Gasteiger partial charge on any atom is 0.271 e. The number of rotatable bonds is 1. The lowest BCUT2D eigenvalue weighted by atomic mass is 9.88. The minimum absolute atomic E-state index is 0.0307. The number of amides is 1. The molecule has 0 unspecified atom stereocenters. The highest BCUT2D eigenvalue weighted by Gasteiger charge is 2.29. The fraction of sp³-hybridized carbons (Fsp3) is 0.357. The van der Waals surface area contributed by atoms with Crippen LogP contribution in [-0.2, 0) is 6.42 Å². The predicted molar refractivity (Wildman–Crippen MR) is 71.6 cm³/mol. The lowest BCUT2D eigenvalue weighted by Crippen LogP contribution is -2.32. The quantitative estimate of drug-likeness (QED) is 0.817. The van der Waals surface area contributed by atoms with Crippen LogP contribution in [0.3, 0.4) is 0 Å². The first-order valence-electron chi connectivity index (χ1n) is 6.33. The van der Waals surface area contributed by atoms with Crippen LogP contribution in [0.25, 0.3) is 11.4 Å². The van der Waals surface area contributed by atoms with E-state index in [0.29, 0.717) is 12.2 Å². The number of carbonyl (C=O) groups excluding carboxylic acids is 1. The zero-order valence-corrected chi connectivity index (χ0v) is 11.0. The van der Waals surface area contributed by atoms with Crippen LogP contribution in [0, 0.1) is 5.41 Å². The van der Waals surface area contributed by atoms with Crippen LogP contribution in [0.5, 0.6) is 0 Å². The molecule has 0 bridgehead atoms. The molecule has 5 heteroatoms. The Morgan fingerprint density at radius 2 is 2.00 bits per heavy atom. The van der Waals surface area contributed by atoms with Crippen molar-refractivity contribution >= 4 is 5.91 Å². The first kappa shape index (κ1) is 11.9. The standard InChI is InChI=1S/C14H16N4O/c1-14(2)7-10-11(13(19)16-8-14)18-12(17-10)9-3-5-15-6-4-9/h3-6H,7-8H2,1-2H3,(H,16,19)(H,17,18). The molecule has 0 radical (unpaired) electrons. The zero-order valence-electron chi connectivity index (χ0n) is 11.0. The van der Waals surface area contributed by atoms with E-state index in [2.05, 4.69) is 34.1 Å². The number of nitrogens with zero attached hydrogens (tertiary/aromatic N) is 2. The van der Waals surface area contributed by atoms with Crippen LogP contribution in [-0.4, -0.2) is 27.4 Å². The van der Waals surface area contributed by atoms with Crippen LogP contribution < -0.4 is 5.32 Å². The van der Waals surface area contributed by atoms with Crippen LogP contribution in [0.1, 0.15) is 30.0 Å². The van der Waals surface area contributed by atoms with Gasteiger partial charge in [0.1, 0.15) is 11.5 Å². The number of nitrogens with one attached hydrogen (secondary N) is 2. The summed E-state index contributed by atoms with van der Waals surface area (Å²) in [5.41, 5.74) is 2.39. The van der Waals surface area contributed by atoms with Crippen molar-refractivity contribution in [3.63, 3.8) is 0 Å². The van der Waals surface area contributed by atoms with E-state index in [4.69, 9.17) is 0 Å². The van der Waals surface area contributed by atoms with Gasteiger partial charge in [-0.15, -0.1) is 0 Å². The van der Waals surface area contributed by atoms with Crippen molar-refractivity contribution in [2.45, 2.75) is 20.3 Å². The first-order chi connectivity index (χ1) is 9.05. The molecule has 5 nitrogen and oxygen atoms in total. The van der Waals surface area contributed by atoms with Gasteiger partial charge in [0.2, 0.25) is 0 Å². The number of fused-ring (bicyclic) bond motifs is 1. The number of carbonyl (C=O) groups is 1. The number of H-pyrrole nitrogens is 1. The average Bonchev–Trinajstić information content (AvgIpc) is 2.76. The van der Waals surface area contributed by atoms with E-state index >= 15 is 0 Å². The Morgan fingerprint density at radius 1 is 1.26 bits per heavy atom. The van der Waals surface area contributed by atoms with Crippen LogP contribution in [0.4, 0.5) is 0 Å². The average molecular weight is 256 g/mol. The van der Waals surface area contributed by atoms with Gasteiger partial charge in [0, 0.05) is 30.2 Å². The Balaban J connectivity index is 2.05. The summed E-state index contributed by atoms with van der Waals surface area (Å²) in [5.74, 6) is 0.623. The maximum atomic E-state index is 12.0. The summed E-state index contributed by atoms with van der Waals surface area (Å²) >= 11 is 0. The van der Waals surface area contributed by atoms with Gasteiger partial charge in [-0.3, -0.25) is 9.78 Å². The van der Waals surface area contributed by atoms with Crippen LogP contribution in [0.15, 0.2) is 24.5 Å². The van der Waals surface area contributed by atoms with Gasteiger partial charge in [-0.1, -0.05) is 13.8 Å². The summed E-state index contributed by atoms with van der Waals surface area (Å²) in [4.78, 5) is 23.7. The Hall–Kier alpha value is -2.17. The number of aromatic nitrogens is 3. The second-order valence-electron chi connectivity index (χ2n) is 5.67. The van der Waals surface area contributed by atoms with Crippen molar-refractivity contribution in [2.75, 3.05) is 6.54 Å². The van der Waals surface area contributed by atoms with Crippen molar-refractivity contribution in [3.8, 4) is 11.4 Å². The topological polar surface area (TPSA) is 70.7 Å². The third-order valence-corrected chi connectivity index (χ3v) is 3.33. The van der Waals surface area contributed by atoms with E-state index in [9.17, 15) is 4.79 Å². The maximum absolute atomic E-state index is 12.0. The molecule has 1 aliphatic rings. The molecule has 2 N–H and O–H groups in total. The number of hydrogen-bond acceptors (Lipinski definition) is 3. The summed E-state index contributed by atoms with van der Waals surface area (Å²) in [6, 6.07) is 3.75. The molecule has 0 aromatic carbocycles. The van der Waals surface area contributed by atoms with Crippen molar-refractivity contribution in [1.82, 2.24) is 20.3 Å². The van der Waals surface area contributed by atoms with Crippen molar-refractivity contribution in [3.05, 3.63) is 35.9 Å². The van der Waals surface area contributed by atoms with Crippen LogP contribution >= 0.6 is 0 Å². The number of imidazole rings is 1. The largest absolute Gasteiger partial charge is 0.350 e. The predicted octanol–water partition coefficient (Wildman–Crippen LogP) is 1.78. The molecular weight excluding hydrogens is 240 g/mol. The Bertz CT molecular complexity index is 616. The van der Waals surface area contributed by atoms with Gasteiger partial charge in [-0.25, -0.2) is 4.98 Å². The van der Waals surface area contributed by atoms with E-state index in [0.717, 1.165) is 23.5 Å². The smallest absolute Gasteiger partial charge is 0.271 e. The summed E-state index contributed by atoms with van der Waals surface area (Å²) in [7, 11) is 0. The SMILES string of the molecule is CC1(C)CNC(=O)c2nc(-c3ccncc3)[nH]c2C1.